The van der Waals surface area contributed by atoms with Crippen molar-refractivity contribution in [2.24, 2.45) is 0 Å². The van der Waals surface area contributed by atoms with Gasteiger partial charge in [-0.05, 0) is 29.3 Å². The number of ether oxygens (including phenoxy) is 2. The van der Waals surface area contributed by atoms with Gasteiger partial charge in [-0.15, -0.1) is 0 Å². The second kappa shape index (κ2) is 9.65. The van der Waals surface area contributed by atoms with Crippen LogP contribution in [0.1, 0.15) is 16.7 Å². The van der Waals surface area contributed by atoms with Crippen molar-refractivity contribution in [3.05, 3.63) is 64.2 Å². The molecule has 0 heterocycles. The van der Waals surface area contributed by atoms with Crippen LogP contribution in [0.5, 0.6) is 5.75 Å². The summed E-state index contributed by atoms with van der Waals surface area (Å²) in [7, 11) is 2.64. The topological polar surface area (TPSA) is 64.6 Å². The molecule has 2 aromatic carbocycles. The molecule has 29 heavy (non-hydrogen) atoms. The van der Waals surface area contributed by atoms with Crippen LogP contribution in [0.15, 0.2) is 42.5 Å². The number of halogens is 4. The van der Waals surface area contributed by atoms with Gasteiger partial charge in [-0.1, -0.05) is 35.9 Å². The number of hydrogen-bond donors (Lipinski definition) is 1. The molecule has 0 saturated carbocycles. The highest BCUT2D eigenvalue weighted by Crippen LogP contribution is 2.29. The normalized spacial score (nSPS) is 12.2. The maximum Gasteiger partial charge on any atom is 0.416 e. The summed E-state index contributed by atoms with van der Waals surface area (Å²) in [6.07, 6.45) is -4.74. The Bertz CT molecular complexity index is 886. The fraction of sp³-hybridized carbons (Fsp3) is 0.300. The Balaban J connectivity index is 2.11. The molecule has 0 aliphatic heterocycles. The number of esters is 1. The fourth-order valence-corrected chi connectivity index (χ4v) is 2.98. The van der Waals surface area contributed by atoms with Gasteiger partial charge in [0.05, 0.1) is 31.2 Å². The van der Waals surface area contributed by atoms with Gasteiger partial charge in [-0.25, -0.2) is 4.79 Å². The minimum atomic E-state index is -4.51. The predicted molar refractivity (Wildman–Crippen MR) is 101 cm³/mol. The number of nitrogens with one attached hydrogen (secondary N) is 1. The summed E-state index contributed by atoms with van der Waals surface area (Å²) in [5.74, 6) is -0.840. The molecule has 2 rings (SSSR count). The van der Waals surface area contributed by atoms with E-state index >= 15 is 0 Å². The zero-order valence-corrected chi connectivity index (χ0v) is 16.4. The molecule has 1 N–H and O–H groups in total. The zero-order valence-electron chi connectivity index (χ0n) is 15.7. The van der Waals surface area contributed by atoms with Gasteiger partial charge in [0.25, 0.3) is 0 Å². The maximum absolute atomic E-state index is 12.8. The number of hydrogen-bond acceptors (Lipinski definition) is 4. The Morgan fingerprint density at radius 1 is 1.10 bits per heavy atom. The molecule has 2 aromatic rings. The average Bonchev–Trinajstić information content (AvgIpc) is 2.66. The van der Waals surface area contributed by atoms with E-state index in [1.807, 2.05) is 0 Å². The molecule has 0 aliphatic carbocycles. The number of benzene rings is 2. The minimum absolute atomic E-state index is 0.0880. The number of carbonyl (C=O) groups excluding carboxylic acids is 2. The Hall–Kier alpha value is -2.74. The van der Waals surface area contributed by atoms with E-state index in [4.69, 9.17) is 21.1 Å². The Morgan fingerprint density at radius 3 is 2.41 bits per heavy atom. The van der Waals surface area contributed by atoms with E-state index in [0.29, 0.717) is 16.3 Å². The number of alkyl halides is 3. The number of amides is 1. The van der Waals surface area contributed by atoms with Crippen molar-refractivity contribution in [3.63, 3.8) is 0 Å². The number of carbonyl (C=O) groups is 2. The van der Waals surface area contributed by atoms with Crippen LogP contribution in [0.25, 0.3) is 0 Å². The highest BCUT2D eigenvalue weighted by molar-refractivity contribution is 6.32. The number of methoxy groups -OCH3 is 2. The van der Waals surface area contributed by atoms with Crippen LogP contribution in [0.4, 0.5) is 13.2 Å². The first-order valence-electron chi connectivity index (χ1n) is 8.49. The van der Waals surface area contributed by atoms with E-state index in [9.17, 15) is 22.8 Å². The summed E-state index contributed by atoms with van der Waals surface area (Å²) in [5, 5.41) is 2.84. The highest BCUT2D eigenvalue weighted by atomic mass is 35.5. The van der Waals surface area contributed by atoms with Gasteiger partial charge in [0.2, 0.25) is 5.91 Å². The second-order valence-electron chi connectivity index (χ2n) is 6.19. The van der Waals surface area contributed by atoms with Crippen LogP contribution >= 0.6 is 11.6 Å². The maximum atomic E-state index is 12.8. The Morgan fingerprint density at radius 2 is 1.83 bits per heavy atom. The predicted octanol–water partition coefficient (Wildman–Crippen LogP) is 3.81. The number of rotatable bonds is 7. The van der Waals surface area contributed by atoms with Crippen LogP contribution in [-0.4, -0.2) is 32.1 Å². The van der Waals surface area contributed by atoms with Crippen LogP contribution in [0.2, 0.25) is 5.02 Å². The van der Waals surface area contributed by atoms with Crippen molar-refractivity contribution in [1.82, 2.24) is 5.32 Å². The zero-order chi connectivity index (χ0) is 21.6. The van der Waals surface area contributed by atoms with Crippen molar-refractivity contribution in [2.75, 3.05) is 14.2 Å². The van der Waals surface area contributed by atoms with E-state index in [1.54, 1.807) is 18.2 Å². The lowest BCUT2D eigenvalue weighted by Crippen LogP contribution is -2.43. The molecule has 1 atom stereocenters. The molecule has 0 spiro atoms. The van der Waals surface area contributed by atoms with Crippen molar-refractivity contribution >= 4 is 23.5 Å². The first-order valence-corrected chi connectivity index (χ1v) is 8.87. The molecule has 9 heteroatoms. The first-order chi connectivity index (χ1) is 13.6. The van der Waals surface area contributed by atoms with Crippen LogP contribution in [0, 0.1) is 0 Å². The van der Waals surface area contributed by atoms with Crippen LogP contribution < -0.4 is 10.1 Å². The summed E-state index contributed by atoms with van der Waals surface area (Å²) in [4.78, 5) is 24.4. The van der Waals surface area contributed by atoms with Gasteiger partial charge < -0.3 is 14.8 Å². The fourth-order valence-electron chi connectivity index (χ4n) is 2.70. The standard InChI is InChI=1S/C20H19ClF3NO4/c1-28-17-7-6-13(9-15(17)21)10-16(19(27)29-2)25-18(26)11-12-4-3-5-14(8-12)20(22,23)24/h3-9,16H,10-11H2,1-2H3,(H,25,26)/t16-/m1/s1. The lowest BCUT2D eigenvalue weighted by molar-refractivity contribution is -0.145. The molecule has 0 bridgehead atoms. The van der Waals surface area contributed by atoms with E-state index in [-0.39, 0.29) is 18.4 Å². The van der Waals surface area contributed by atoms with Gasteiger partial charge in [-0.2, -0.15) is 13.2 Å². The van der Waals surface area contributed by atoms with E-state index in [1.165, 1.54) is 26.4 Å². The van der Waals surface area contributed by atoms with Gasteiger partial charge in [0.15, 0.2) is 0 Å². The highest BCUT2D eigenvalue weighted by Gasteiger charge is 2.30. The molecule has 0 aromatic heterocycles. The van der Waals surface area contributed by atoms with Gasteiger partial charge in [0, 0.05) is 6.42 Å². The van der Waals surface area contributed by atoms with Crippen molar-refractivity contribution in [1.29, 1.82) is 0 Å². The van der Waals surface area contributed by atoms with Gasteiger partial charge in [0.1, 0.15) is 11.8 Å². The molecular formula is C20H19ClF3NO4. The first kappa shape index (κ1) is 22.5. The van der Waals surface area contributed by atoms with E-state index < -0.39 is 29.7 Å². The smallest absolute Gasteiger partial charge is 0.416 e. The molecule has 5 nitrogen and oxygen atoms in total. The molecule has 0 fully saturated rings. The summed E-state index contributed by atoms with van der Waals surface area (Å²) in [6, 6.07) is 8.32. The van der Waals surface area contributed by atoms with Crippen molar-refractivity contribution in [3.8, 4) is 5.75 Å². The van der Waals surface area contributed by atoms with E-state index in [2.05, 4.69) is 5.32 Å². The Kier molecular flexibility index (Phi) is 7.50. The summed E-state index contributed by atoms with van der Waals surface area (Å²) >= 11 is 6.07. The SMILES string of the molecule is COC(=O)[C@@H](Cc1ccc(OC)c(Cl)c1)NC(=O)Cc1cccc(C(F)(F)F)c1. The largest absolute Gasteiger partial charge is 0.495 e. The third-order valence-electron chi connectivity index (χ3n) is 4.10. The quantitative estimate of drug-likeness (QED) is 0.680. The van der Waals surface area contributed by atoms with Gasteiger partial charge >= 0.3 is 12.1 Å². The molecule has 0 saturated heterocycles. The molecule has 0 radical (unpaired) electrons. The molecule has 0 unspecified atom stereocenters. The van der Waals surface area contributed by atoms with Crippen molar-refractivity contribution < 1.29 is 32.2 Å². The van der Waals surface area contributed by atoms with Crippen LogP contribution in [0.3, 0.4) is 0 Å². The average molecular weight is 430 g/mol. The van der Waals surface area contributed by atoms with E-state index in [0.717, 1.165) is 12.1 Å². The summed E-state index contributed by atoms with van der Waals surface area (Å²) in [5.41, 5.74) is -0.0285. The van der Waals surface area contributed by atoms with Crippen molar-refractivity contribution in [2.45, 2.75) is 25.1 Å². The monoisotopic (exact) mass is 429 g/mol. The summed E-state index contributed by atoms with van der Waals surface area (Å²) in [6.45, 7) is 0. The summed E-state index contributed by atoms with van der Waals surface area (Å²) < 4.78 is 48.2. The van der Waals surface area contributed by atoms with Gasteiger partial charge in [-0.3, -0.25) is 4.79 Å². The lowest BCUT2D eigenvalue weighted by atomic mass is 10.0. The third-order valence-corrected chi connectivity index (χ3v) is 4.39. The molecule has 156 valence electrons. The minimum Gasteiger partial charge on any atom is -0.495 e. The molecule has 1 amide bonds. The molecule has 0 aliphatic rings. The lowest BCUT2D eigenvalue weighted by Gasteiger charge is -2.17. The Labute approximate surface area is 170 Å². The second-order valence-corrected chi connectivity index (χ2v) is 6.60. The molecular weight excluding hydrogens is 411 g/mol. The van der Waals surface area contributed by atoms with Crippen LogP contribution in [-0.2, 0) is 33.3 Å². The third kappa shape index (κ3) is 6.39.